The third-order valence-corrected chi connectivity index (χ3v) is 2.34. The Morgan fingerprint density at radius 1 is 1.29 bits per heavy atom. The molecule has 0 bridgehead atoms. The van der Waals surface area contributed by atoms with Crippen molar-refractivity contribution in [2.75, 3.05) is 5.32 Å². The summed E-state index contributed by atoms with van der Waals surface area (Å²) in [6, 6.07) is 12.8. The number of nitrogens with zero attached hydrogens (tertiary/aromatic N) is 1. The SMILES string of the molecule is N#CCc1ccc(NC(=O)c2ccc[nH]2)cc1. The van der Waals surface area contributed by atoms with Crippen LogP contribution in [-0.2, 0) is 6.42 Å². The van der Waals surface area contributed by atoms with Gasteiger partial charge in [-0.3, -0.25) is 4.79 Å². The van der Waals surface area contributed by atoms with Crippen LogP contribution in [0.1, 0.15) is 16.1 Å². The van der Waals surface area contributed by atoms with Crippen LogP contribution in [0.25, 0.3) is 0 Å². The highest BCUT2D eigenvalue weighted by Crippen LogP contribution is 2.11. The smallest absolute Gasteiger partial charge is 0.272 e. The Balaban J connectivity index is 2.05. The van der Waals surface area contributed by atoms with E-state index >= 15 is 0 Å². The lowest BCUT2D eigenvalue weighted by atomic mass is 10.1. The molecule has 0 saturated carbocycles. The molecule has 84 valence electrons. The summed E-state index contributed by atoms with van der Waals surface area (Å²) in [5.74, 6) is -0.178. The number of amides is 1. The lowest BCUT2D eigenvalue weighted by Crippen LogP contribution is -2.11. The number of hydrogen-bond donors (Lipinski definition) is 2. The predicted molar refractivity (Wildman–Crippen MR) is 64.5 cm³/mol. The third-order valence-electron chi connectivity index (χ3n) is 2.34. The Morgan fingerprint density at radius 2 is 2.06 bits per heavy atom. The maximum atomic E-state index is 11.7. The lowest BCUT2D eigenvalue weighted by Gasteiger charge is -2.04. The van der Waals surface area contributed by atoms with Crippen LogP contribution in [0.5, 0.6) is 0 Å². The molecule has 0 aliphatic rings. The Kier molecular flexibility index (Phi) is 3.22. The van der Waals surface area contributed by atoms with Crippen LogP contribution in [0, 0.1) is 11.3 Å². The molecule has 0 saturated heterocycles. The van der Waals surface area contributed by atoms with Crippen molar-refractivity contribution in [1.29, 1.82) is 5.26 Å². The fourth-order valence-corrected chi connectivity index (χ4v) is 1.47. The summed E-state index contributed by atoms with van der Waals surface area (Å²) in [5.41, 5.74) is 2.17. The van der Waals surface area contributed by atoms with Gasteiger partial charge in [0.15, 0.2) is 0 Å². The van der Waals surface area contributed by atoms with Gasteiger partial charge in [-0.2, -0.15) is 5.26 Å². The number of rotatable bonds is 3. The molecule has 0 fully saturated rings. The second-order valence-corrected chi connectivity index (χ2v) is 3.57. The minimum Gasteiger partial charge on any atom is -0.357 e. The first kappa shape index (κ1) is 11.0. The molecule has 1 amide bonds. The number of H-pyrrole nitrogens is 1. The normalized spacial score (nSPS) is 9.59. The molecule has 0 spiro atoms. The molecule has 0 radical (unpaired) electrons. The van der Waals surface area contributed by atoms with Crippen molar-refractivity contribution < 1.29 is 4.79 Å². The summed E-state index contributed by atoms with van der Waals surface area (Å²) in [6.45, 7) is 0. The Morgan fingerprint density at radius 3 is 2.65 bits per heavy atom. The van der Waals surface area contributed by atoms with Crippen LogP contribution in [0.3, 0.4) is 0 Å². The number of nitriles is 1. The number of nitrogens with one attached hydrogen (secondary N) is 2. The van der Waals surface area contributed by atoms with Crippen molar-refractivity contribution in [3.8, 4) is 6.07 Å². The molecule has 2 N–H and O–H groups in total. The highest BCUT2D eigenvalue weighted by molar-refractivity contribution is 6.02. The minimum absolute atomic E-state index is 0.178. The van der Waals surface area contributed by atoms with Crippen molar-refractivity contribution in [1.82, 2.24) is 4.98 Å². The molecule has 1 heterocycles. The van der Waals surface area contributed by atoms with Gasteiger partial charge in [-0.1, -0.05) is 12.1 Å². The zero-order valence-electron chi connectivity index (χ0n) is 9.10. The molecule has 1 aromatic carbocycles. The average molecular weight is 225 g/mol. The van der Waals surface area contributed by atoms with Gasteiger partial charge >= 0.3 is 0 Å². The number of aromatic amines is 1. The van der Waals surface area contributed by atoms with Crippen LogP contribution >= 0.6 is 0 Å². The van der Waals surface area contributed by atoms with E-state index in [9.17, 15) is 4.79 Å². The van der Waals surface area contributed by atoms with E-state index in [0.29, 0.717) is 17.8 Å². The molecule has 4 nitrogen and oxygen atoms in total. The van der Waals surface area contributed by atoms with Crippen LogP contribution in [-0.4, -0.2) is 10.9 Å². The molecule has 0 unspecified atom stereocenters. The topological polar surface area (TPSA) is 68.7 Å². The van der Waals surface area contributed by atoms with E-state index < -0.39 is 0 Å². The van der Waals surface area contributed by atoms with E-state index in [1.165, 1.54) is 0 Å². The highest BCUT2D eigenvalue weighted by atomic mass is 16.1. The van der Waals surface area contributed by atoms with Crippen molar-refractivity contribution >= 4 is 11.6 Å². The fourth-order valence-electron chi connectivity index (χ4n) is 1.47. The summed E-state index contributed by atoms with van der Waals surface area (Å²) in [4.78, 5) is 14.5. The predicted octanol–water partition coefficient (Wildman–Crippen LogP) is 2.33. The third kappa shape index (κ3) is 2.73. The molecule has 0 atom stereocenters. The van der Waals surface area contributed by atoms with Gasteiger partial charge in [-0.15, -0.1) is 0 Å². The molecular formula is C13H11N3O. The number of carbonyl (C=O) groups is 1. The van der Waals surface area contributed by atoms with E-state index in [4.69, 9.17) is 5.26 Å². The first-order valence-corrected chi connectivity index (χ1v) is 5.20. The van der Waals surface area contributed by atoms with Crippen molar-refractivity contribution in [3.05, 3.63) is 53.9 Å². The van der Waals surface area contributed by atoms with E-state index in [1.807, 2.05) is 12.1 Å². The van der Waals surface area contributed by atoms with Gasteiger partial charge in [0, 0.05) is 11.9 Å². The van der Waals surface area contributed by atoms with Crippen molar-refractivity contribution in [3.63, 3.8) is 0 Å². The van der Waals surface area contributed by atoms with E-state index in [0.717, 1.165) is 5.56 Å². The first-order valence-electron chi connectivity index (χ1n) is 5.20. The quantitative estimate of drug-likeness (QED) is 0.841. The van der Waals surface area contributed by atoms with E-state index in [-0.39, 0.29) is 5.91 Å². The van der Waals surface area contributed by atoms with Gasteiger partial charge in [0.1, 0.15) is 5.69 Å². The lowest BCUT2D eigenvalue weighted by molar-refractivity contribution is 0.102. The van der Waals surface area contributed by atoms with Crippen molar-refractivity contribution in [2.24, 2.45) is 0 Å². The van der Waals surface area contributed by atoms with Crippen LogP contribution in [0.2, 0.25) is 0 Å². The monoisotopic (exact) mass is 225 g/mol. The summed E-state index contributed by atoms with van der Waals surface area (Å²) >= 11 is 0. The Bertz CT molecular complexity index is 535. The Hall–Kier alpha value is -2.54. The van der Waals surface area contributed by atoms with Gasteiger partial charge in [0.25, 0.3) is 5.91 Å². The Labute approximate surface area is 98.9 Å². The van der Waals surface area contributed by atoms with Gasteiger partial charge < -0.3 is 10.3 Å². The molecule has 1 aromatic heterocycles. The second-order valence-electron chi connectivity index (χ2n) is 3.57. The van der Waals surface area contributed by atoms with Crippen LogP contribution in [0.15, 0.2) is 42.6 Å². The minimum atomic E-state index is -0.178. The summed E-state index contributed by atoms with van der Waals surface area (Å²) in [7, 11) is 0. The molecule has 17 heavy (non-hydrogen) atoms. The summed E-state index contributed by atoms with van der Waals surface area (Å²) in [6.07, 6.45) is 2.08. The van der Waals surface area contributed by atoms with Crippen LogP contribution in [0.4, 0.5) is 5.69 Å². The fraction of sp³-hybridized carbons (Fsp3) is 0.0769. The zero-order chi connectivity index (χ0) is 12.1. The van der Waals surface area contributed by atoms with E-state index in [2.05, 4.69) is 16.4 Å². The molecule has 2 rings (SSSR count). The second kappa shape index (κ2) is 4.99. The van der Waals surface area contributed by atoms with Gasteiger partial charge in [-0.05, 0) is 29.8 Å². The molecule has 0 aliphatic carbocycles. The first-order chi connectivity index (χ1) is 8.29. The van der Waals surface area contributed by atoms with Gasteiger partial charge in [0.2, 0.25) is 0 Å². The van der Waals surface area contributed by atoms with Crippen LogP contribution < -0.4 is 5.32 Å². The standard InChI is InChI=1S/C13H11N3O/c14-8-7-10-3-5-11(6-4-10)16-13(17)12-2-1-9-15-12/h1-6,9,15H,7H2,(H,16,17). The number of aromatic nitrogens is 1. The number of carbonyl (C=O) groups excluding carboxylic acids is 1. The largest absolute Gasteiger partial charge is 0.357 e. The van der Waals surface area contributed by atoms with Crippen molar-refractivity contribution in [2.45, 2.75) is 6.42 Å². The van der Waals surface area contributed by atoms with Gasteiger partial charge in [0.05, 0.1) is 12.5 Å². The average Bonchev–Trinajstić information content (AvgIpc) is 2.86. The molecule has 4 heteroatoms. The van der Waals surface area contributed by atoms with Gasteiger partial charge in [-0.25, -0.2) is 0 Å². The number of anilines is 1. The molecule has 0 aliphatic heterocycles. The van der Waals surface area contributed by atoms with E-state index in [1.54, 1.807) is 30.5 Å². The number of hydrogen-bond acceptors (Lipinski definition) is 2. The molecular weight excluding hydrogens is 214 g/mol. The number of benzene rings is 1. The summed E-state index contributed by atoms with van der Waals surface area (Å²) in [5, 5.41) is 11.3. The highest BCUT2D eigenvalue weighted by Gasteiger charge is 2.05. The maximum Gasteiger partial charge on any atom is 0.272 e. The summed E-state index contributed by atoms with van der Waals surface area (Å²) < 4.78 is 0. The molecule has 2 aromatic rings. The zero-order valence-corrected chi connectivity index (χ0v) is 9.10. The maximum absolute atomic E-state index is 11.7.